The summed E-state index contributed by atoms with van der Waals surface area (Å²) in [6.45, 7) is 6.07. The van der Waals surface area contributed by atoms with Gasteiger partial charge in [-0.1, -0.05) is 42.5 Å². The van der Waals surface area contributed by atoms with Crippen molar-refractivity contribution in [1.82, 2.24) is 5.32 Å². The van der Waals surface area contributed by atoms with Crippen LogP contribution in [0.25, 0.3) is 0 Å². The molecule has 0 fully saturated rings. The van der Waals surface area contributed by atoms with Crippen molar-refractivity contribution in [2.24, 2.45) is 0 Å². The average molecular weight is 405 g/mol. The first-order valence-corrected chi connectivity index (χ1v) is 9.85. The Morgan fingerprint density at radius 3 is 2.41 bits per heavy atom. The van der Waals surface area contributed by atoms with E-state index in [-0.39, 0.29) is 17.1 Å². The van der Waals surface area contributed by atoms with E-state index in [1.54, 1.807) is 24.3 Å². The summed E-state index contributed by atoms with van der Waals surface area (Å²) in [5.74, 6) is 0.311. The Morgan fingerprint density at radius 2 is 1.69 bits per heavy atom. The first-order chi connectivity index (χ1) is 13.9. The van der Waals surface area contributed by atoms with Gasteiger partial charge < -0.3 is 15.4 Å². The minimum atomic E-state index is -0.199. The first kappa shape index (κ1) is 20.6. The second kappa shape index (κ2) is 9.34. The maximum Gasteiger partial charge on any atom is 0.262 e. The largest absolute Gasteiger partial charge is 0.432 e. The van der Waals surface area contributed by atoms with E-state index in [9.17, 15) is 4.79 Å². The molecule has 5 heteroatoms. The van der Waals surface area contributed by atoms with Gasteiger partial charge in [0, 0.05) is 11.3 Å². The average Bonchev–Trinajstić information content (AvgIpc) is 2.71. The lowest BCUT2D eigenvalue weighted by Crippen LogP contribution is -2.29. The SMILES string of the molecule is Cc1ccc(NC(=O)c2cccc(OC(=S)NC(C)c3ccccc3)c2)cc1C. The van der Waals surface area contributed by atoms with Crippen LogP contribution in [0.2, 0.25) is 0 Å². The van der Waals surface area contributed by atoms with Gasteiger partial charge in [0.1, 0.15) is 5.75 Å². The lowest BCUT2D eigenvalue weighted by Gasteiger charge is -2.16. The zero-order valence-electron chi connectivity index (χ0n) is 16.7. The highest BCUT2D eigenvalue weighted by Crippen LogP contribution is 2.18. The summed E-state index contributed by atoms with van der Waals surface area (Å²) in [6.07, 6.45) is 0. The van der Waals surface area contributed by atoms with Gasteiger partial charge >= 0.3 is 0 Å². The number of benzene rings is 3. The molecule has 0 aliphatic heterocycles. The molecule has 0 aliphatic rings. The Balaban J connectivity index is 1.63. The van der Waals surface area contributed by atoms with Crippen molar-refractivity contribution in [3.63, 3.8) is 0 Å². The number of aryl methyl sites for hydroxylation is 2. The molecule has 2 N–H and O–H groups in total. The molecular formula is C24H24N2O2S. The van der Waals surface area contributed by atoms with E-state index in [1.807, 2.05) is 69.3 Å². The number of carbonyl (C=O) groups is 1. The van der Waals surface area contributed by atoms with Gasteiger partial charge in [-0.05, 0) is 80.0 Å². The molecule has 0 spiro atoms. The summed E-state index contributed by atoms with van der Waals surface area (Å²) in [6, 6.07) is 22.8. The number of hydrogen-bond acceptors (Lipinski definition) is 3. The molecule has 148 valence electrons. The minimum absolute atomic E-state index is 0.0139. The van der Waals surface area contributed by atoms with E-state index in [0.717, 1.165) is 16.8 Å². The van der Waals surface area contributed by atoms with E-state index >= 15 is 0 Å². The Hall–Kier alpha value is -3.18. The number of hydrogen-bond donors (Lipinski definition) is 2. The summed E-state index contributed by atoms with van der Waals surface area (Å²) in [4.78, 5) is 12.6. The normalized spacial score (nSPS) is 11.4. The fourth-order valence-electron chi connectivity index (χ4n) is 2.86. The van der Waals surface area contributed by atoms with Crippen LogP contribution in [-0.4, -0.2) is 11.1 Å². The predicted molar refractivity (Wildman–Crippen MR) is 122 cm³/mol. The van der Waals surface area contributed by atoms with Gasteiger partial charge in [-0.25, -0.2) is 0 Å². The first-order valence-electron chi connectivity index (χ1n) is 9.44. The number of anilines is 1. The number of nitrogens with one attached hydrogen (secondary N) is 2. The second-order valence-corrected chi connectivity index (χ2v) is 7.32. The van der Waals surface area contributed by atoms with Gasteiger partial charge in [0.05, 0.1) is 6.04 Å². The van der Waals surface area contributed by atoms with Crippen LogP contribution in [0.1, 0.15) is 40.0 Å². The third kappa shape index (κ3) is 5.65. The van der Waals surface area contributed by atoms with E-state index in [2.05, 4.69) is 10.6 Å². The van der Waals surface area contributed by atoms with Crippen LogP contribution in [0.15, 0.2) is 72.8 Å². The van der Waals surface area contributed by atoms with Crippen LogP contribution < -0.4 is 15.4 Å². The summed E-state index contributed by atoms with van der Waals surface area (Å²) < 4.78 is 5.72. The molecule has 0 radical (unpaired) electrons. The van der Waals surface area contributed by atoms with Crippen LogP contribution in [0.4, 0.5) is 5.69 Å². The van der Waals surface area contributed by atoms with Crippen LogP contribution in [0.5, 0.6) is 5.75 Å². The van der Waals surface area contributed by atoms with Crippen LogP contribution in [0.3, 0.4) is 0 Å². The quantitative estimate of drug-likeness (QED) is 0.546. The highest BCUT2D eigenvalue weighted by Gasteiger charge is 2.11. The van der Waals surface area contributed by atoms with Gasteiger partial charge in [0.25, 0.3) is 11.1 Å². The van der Waals surface area contributed by atoms with Crippen molar-refractivity contribution < 1.29 is 9.53 Å². The van der Waals surface area contributed by atoms with E-state index in [4.69, 9.17) is 17.0 Å². The number of thiocarbonyl (C=S) groups is 1. The Labute approximate surface area is 176 Å². The molecule has 0 saturated carbocycles. The van der Waals surface area contributed by atoms with E-state index in [1.165, 1.54) is 5.56 Å². The molecule has 3 aromatic carbocycles. The van der Waals surface area contributed by atoms with Crippen molar-refractivity contribution in [2.45, 2.75) is 26.8 Å². The predicted octanol–water partition coefficient (Wildman–Crippen LogP) is 5.57. The summed E-state index contributed by atoms with van der Waals surface area (Å²) in [5.41, 5.74) is 4.69. The Kier molecular flexibility index (Phi) is 6.62. The molecule has 0 saturated heterocycles. The molecule has 3 rings (SSSR count). The second-order valence-electron chi connectivity index (χ2n) is 6.95. The lowest BCUT2D eigenvalue weighted by atomic mass is 10.1. The van der Waals surface area contributed by atoms with Crippen LogP contribution in [-0.2, 0) is 0 Å². The molecule has 0 aromatic heterocycles. The highest BCUT2D eigenvalue weighted by atomic mass is 32.1. The molecule has 4 nitrogen and oxygen atoms in total. The van der Waals surface area contributed by atoms with Crippen molar-refractivity contribution >= 4 is 29.0 Å². The van der Waals surface area contributed by atoms with Crippen LogP contribution >= 0.6 is 12.2 Å². The van der Waals surface area contributed by atoms with Gasteiger partial charge in [0.2, 0.25) is 0 Å². The lowest BCUT2D eigenvalue weighted by molar-refractivity contribution is 0.102. The molecule has 1 atom stereocenters. The molecule has 1 unspecified atom stereocenters. The topological polar surface area (TPSA) is 50.4 Å². The maximum atomic E-state index is 12.6. The molecular weight excluding hydrogens is 380 g/mol. The monoisotopic (exact) mass is 404 g/mol. The maximum absolute atomic E-state index is 12.6. The zero-order chi connectivity index (χ0) is 20.8. The molecule has 29 heavy (non-hydrogen) atoms. The number of carbonyl (C=O) groups excluding carboxylic acids is 1. The third-order valence-electron chi connectivity index (χ3n) is 4.71. The van der Waals surface area contributed by atoms with Gasteiger partial charge in [-0.3, -0.25) is 4.79 Å². The molecule has 0 aliphatic carbocycles. The standard InChI is InChI=1S/C24H24N2O2S/c1-16-12-13-21(14-17(16)2)26-23(27)20-10-7-11-22(15-20)28-24(29)25-18(3)19-8-5-4-6-9-19/h4-15,18H,1-3H3,(H,25,29)(H,26,27). The molecule has 0 heterocycles. The molecule has 0 bridgehead atoms. The minimum Gasteiger partial charge on any atom is -0.432 e. The Bertz CT molecular complexity index is 1020. The highest BCUT2D eigenvalue weighted by molar-refractivity contribution is 7.80. The number of amides is 1. The van der Waals surface area contributed by atoms with Crippen molar-refractivity contribution in [1.29, 1.82) is 0 Å². The van der Waals surface area contributed by atoms with Gasteiger partial charge in [0.15, 0.2) is 0 Å². The molecule has 3 aromatic rings. The number of rotatable bonds is 5. The smallest absolute Gasteiger partial charge is 0.262 e. The Morgan fingerprint density at radius 1 is 0.931 bits per heavy atom. The number of ether oxygens (including phenoxy) is 1. The summed E-state index contributed by atoms with van der Waals surface area (Å²) in [7, 11) is 0. The van der Waals surface area contributed by atoms with Crippen molar-refractivity contribution in [2.75, 3.05) is 5.32 Å². The zero-order valence-corrected chi connectivity index (χ0v) is 17.5. The molecule has 1 amide bonds. The fraction of sp³-hybridized carbons (Fsp3) is 0.167. The van der Waals surface area contributed by atoms with Crippen molar-refractivity contribution in [3.05, 3.63) is 95.1 Å². The van der Waals surface area contributed by atoms with Crippen LogP contribution in [0, 0.1) is 13.8 Å². The summed E-state index contributed by atoms with van der Waals surface area (Å²) >= 11 is 5.32. The van der Waals surface area contributed by atoms with Crippen molar-refractivity contribution in [3.8, 4) is 5.75 Å². The van der Waals surface area contributed by atoms with Gasteiger partial charge in [-0.15, -0.1) is 0 Å². The third-order valence-corrected chi connectivity index (χ3v) is 4.91. The summed E-state index contributed by atoms with van der Waals surface area (Å²) in [5, 5.41) is 6.33. The van der Waals surface area contributed by atoms with Gasteiger partial charge in [-0.2, -0.15) is 0 Å². The van der Waals surface area contributed by atoms with E-state index < -0.39 is 0 Å². The van der Waals surface area contributed by atoms with E-state index in [0.29, 0.717) is 11.3 Å². The fourth-order valence-corrected chi connectivity index (χ4v) is 3.13.